The number of nitrogens with zero attached hydrogens (tertiary/aromatic N) is 2. The molecular weight excluding hydrogens is 228 g/mol. The van der Waals surface area contributed by atoms with E-state index in [9.17, 15) is 4.79 Å². The number of hydrogen-bond acceptors (Lipinski definition) is 4. The van der Waals surface area contributed by atoms with E-state index in [2.05, 4.69) is 15.6 Å². The molecule has 1 aliphatic heterocycles. The topological polar surface area (TPSA) is 57.3 Å². The number of anilines is 2. The molecule has 1 fully saturated rings. The molecule has 5 heteroatoms. The van der Waals surface area contributed by atoms with Crippen LogP contribution >= 0.6 is 0 Å². The van der Waals surface area contributed by atoms with Crippen molar-refractivity contribution in [2.45, 2.75) is 12.8 Å². The smallest absolute Gasteiger partial charge is 0.228 e. The molecule has 0 unspecified atom stereocenters. The fraction of sp³-hybridized carbons (Fsp3) is 0.538. The normalized spacial score (nSPS) is 19.3. The van der Waals surface area contributed by atoms with E-state index in [4.69, 9.17) is 0 Å². The summed E-state index contributed by atoms with van der Waals surface area (Å²) in [6.45, 7) is 1.78. The molecule has 98 valence electrons. The lowest BCUT2D eigenvalue weighted by Gasteiger charge is -2.23. The minimum Gasteiger partial charge on any atom is -0.361 e. The number of carbonyl (C=O) groups excluding carboxylic acids is 1. The van der Waals surface area contributed by atoms with Crippen LogP contribution in [0.2, 0.25) is 0 Å². The summed E-state index contributed by atoms with van der Waals surface area (Å²) in [5, 5.41) is 6.23. The summed E-state index contributed by atoms with van der Waals surface area (Å²) >= 11 is 0. The highest BCUT2D eigenvalue weighted by Crippen LogP contribution is 2.22. The van der Waals surface area contributed by atoms with Crippen molar-refractivity contribution in [3.8, 4) is 0 Å². The van der Waals surface area contributed by atoms with Crippen LogP contribution in [0.1, 0.15) is 12.8 Å². The summed E-state index contributed by atoms with van der Waals surface area (Å²) < 4.78 is 0. The lowest BCUT2D eigenvalue weighted by Crippen LogP contribution is -2.37. The van der Waals surface area contributed by atoms with Gasteiger partial charge in [0, 0.05) is 26.8 Å². The Morgan fingerprint density at radius 2 is 2.39 bits per heavy atom. The van der Waals surface area contributed by atoms with Crippen LogP contribution in [0.4, 0.5) is 11.5 Å². The third kappa shape index (κ3) is 2.98. The maximum atomic E-state index is 12.1. The third-order valence-corrected chi connectivity index (χ3v) is 3.14. The molecular formula is C13H20N4O. The molecule has 1 saturated heterocycles. The largest absolute Gasteiger partial charge is 0.361 e. The Kier molecular flexibility index (Phi) is 4.15. The Labute approximate surface area is 108 Å². The molecule has 2 heterocycles. The highest BCUT2D eigenvalue weighted by molar-refractivity contribution is 5.95. The number of amides is 1. The van der Waals surface area contributed by atoms with Crippen molar-refractivity contribution < 1.29 is 4.79 Å². The summed E-state index contributed by atoms with van der Waals surface area (Å²) in [6.07, 6.45) is 3.75. The molecule has 0 saturated carbocycles. The van der Waals surface area contributed by atoms with E-state index >= 15 is 0 Å². The van der Waals surface area contributed by atoms with Crippen LogP contribution in [-0.2, 0) is 4.79 Å². The maximum Gasteiger partial charge on any atom is 0.228 e. The first kappa shape index (κ1) is 12.8. The van der Waals surface area contributed by atoms with Crippen molar-refractivity contribution in [3.63, 3.8) is 0 Å². The number of nitrogens with one attached hydrogen (secondary N) is 2. The van der Waals surface area contributed by atoms with E-state index in [0.29, 0.717) is 0 Å². The molecule has 1 atom stereocenters. The van der Waals surface area contributed by atoms with Crippen molar-refractivity contribution in [1.82, 2.24) is 10.3 Å². The van der Waals surface area contributed by atoms with Gasteiger partial charge in [0.15, 0.2) is 5.82 Å². The van der Waals surface area contributed by atoms with Crippen molar-refractivity contribution in [2.75, 3.05) is 37.4 Å². The van der Waals surface area contributed by atoms with E-state index in [1.807, 2.05) is 31.1 Å². The van der Waals surface area contributed by atoms with E-state index < -0.39 is 0 Å². The molecule has 1 aliphatic rings. The van der Waals surface area contributed by atoms with Gasteiger partial charge in [-0.2, -0.15) is 0 Å². The second kappa shape index (κ2) is 5.82. The van der Waals surface area contributed by atoms with Crippen LogP contribution in [0.3, 0.4) is 0 Å². The highest BCUT2D eigenvalue weighted by atomic mass is 16.1. The lowest BCUT2D eigenvalue weighted by molar-refractivity contribution is -0.120. The number of piperidine rings is 1. The van der Waals surface area contributed by atoms with Crippen LogP contribution in [0.5, 0.6) is 0 Å². The zero-order valence-corrected chi connectivity index (χ0v) is 10.9. The van der Waals surface area contributed by atoms with Gasteiger partial charge in [-0.3, -0.25) is 4.79 Å². The van der Waals surface area contributed by atoms with Crippen LogP contribution in [0.15, 0.2) is 18.3 Å². The molecule has 2 rings (SSSR count). The average molecular weight is 248 g/mol. The number of carbonyl (C=O) groups is 1. The van der Waals surface area contributed by atoms with E-state index in [1.54, 1.807) is 6.20 Å². The first-order valence-corrected chi connectivity index (χ1v) is 6.32. The number of pyridine rings is 1. The third-order valence-electron chi connectivity index (χ3n) is 3.14. The van der Waals surface area contributed by atoms with Crippen molar-refractivity contribution in [1.29, 1.82) is 0 Å². The molecule has 5 nitrogen and oxygen atoms in total. The van der Waals surface area contributed by atoms with Gasteiger partial charge in [-0.25, -0.2) is 4.98 Å². The molecule has 0 spiro atoms. The average Bonchev–Trinajstić information content (AvgIpc) is 2.40. The first-order valence-electron chi connectivity index (χ1n) is 6.32. The van der Waals surface area contributed by atoms with Gasteiger partial charge in [-0.1, -0.05) is 0 Å². The molecule has 1 aromatic rings. The zero-order chi connectivity index (χ0) is 13.0. The molecule has 2 N–H and O–H groups in total. The highest BCUT2D eigenvalue weighted by Gasteiger charge is 2.21. The summed E-state index contributed by atoms with van der Waals surface area (Å²) in [6, 6.07) is 3.72. The minimum absolute atomic E-state index is 0.0639. The van der Waals surface area contributed by atoms with E-state index in [1.165, 1.54) is 0 Å². The van der Waals surface area contributed by atoms with Gasteiger partial charge < -0.3 is 15.5 Å². The second-order valence-electron chi connectivity index (χ2n) is 4.80. The molecule has 0 radical (unpaired) electrons. The summed E-state index contributed by atoms with van der Waals surface area (Å²) in [4.78, 5) is 18.3. The lowest BCUT2D eigenvalue weighted by atomic mass is 9.99. The number of aromatic nitrogens is 1. The molecule has 1 amide bonds. The zero-order valence-electron chi connectivity index (χ0n) is 10.9. The first-order chi connectivity index (χ1) is 8.68. The number of rotatable bonds is 3. The predicted octanol–water partition coefficient (Wildman–Crippen LogP) is 1.09. The van der Waals surface area contributed by atoms with Crippen LogP contribution in [-0.4, -0.2) is 38.1 Å². The van der Waals surface area contributed by atoms with Crippen LogP contribution in [0.25, 0.3) is 0 Å². The van der Waals surface area contributed by atoms with Crippen LogP contribution in [0, 0.1) is 5.92 Å². The Morgan fingerprint density at radius 3 is 3.06 bits per heavy atom. The minimum atomic E-state index is 0.0639. The Balaban J connectivity index is 2.06. The summed E-state index contributed by atoms with van der Waals surface area (Å²) in [5.74, 6) is 0.932. The van der Waals surface area contributed by atoms with E-state index in [-0.39, 0.29) is 11.8 Å². The fourth-order valence-electron chi connectivity index (χ4n) is 2.16. The van der Waals surface area contributed by atoms with Gasteiger partial charge in [0.05, 0.1) is 11.6 Å². The monoisotopic (exact) mass is 248 g/mol. The Bertz CT molecular complexity index is 413. The standard InChI is InChI=1S/C13H20N4O/c1-17(2)12-11(6-4-8-15-12)16-13(18)10-5-3-7-14-9-10/h4,6,8,10,14H,3,5,7,9H2,1-2H3,(H,16,18)/t10-/m0/s1. The molecule has 0 aliphatic carbocycles. The van der Waals surface area contributed by atoms with Crippen molar-refractivity contribution in [3.05, 3.63) is 18.3 Å². The molecule has 0 aromatic carbocycles. The fourth-order valence-corrected chi connectivity index (χ4v) is 2.16. The SMILES string of the molecule is CN(C)c1ncccc1NC(=O)[C@H]1CCCNC1. The van der Waals surface area contributed by atoms with Gasteiger partial charge in [-0.05, 0) is 31.5 Å². The second-order valence-corrected chi connectivity index (χ2v) is 4.80. The van der Waals surface area contributed by atoms with Gasteiger partial charge in [0.1, 0.15) is 0 Å². The molecule has 1 aromatic heterocycles. The van der Waals surface area contributed by atoms with Gasteiger partial charge >= 0.3 is 0 Å². The maximum absolute atomic E-state index is 12.1. The van der Waals surface area contributed by atoms with Gasteiger partial charge in [-0.15, -0.1) is 0 Å². The predicted molar refractivity (Wildman–Crippen MR) is 72.8 cm³/mol. The quantitative estimate of drug-likeness (QED) is 0.840. The van der Waals surface area contributed by atoms with Crippen molar-refractivity contribution in [2.24, 2.45) is 5.92 Å². The Morgan fingerprint density at radius 1 is 1.56 bits per heavy atom. The number of hydrogen-bond donors (Lipinski definition) is 2. The summed E-state index contributed by atoms with van der Waals surface area (Å²) in [5.41, 5.74) is 0.776. The molecule has 18 heavy (non-hydrogen) atoms. The van der Waals surface area contributed by atoms with Gasteiger partial charge in [0.2, 0.25) is 5.91 Å². The molecule has 0 bridgehead atoms. The van der Waals surface area contributed by atoms with Crippen LogP contribution < -0.4 is 15.5 Å². The summed E-state index contributed by atoms with van der Waals surface area (Å²) in [7, 11) is 3.83. The van der Waals surface area contributed by atoms with E-state index in [0.717, 1.165) is 37.4 Å². The van der Waals surface area contributed by atoms with Crippen molar-refractivity contribution >= 4 is 17.4 Å². The Hall–Kier alpha value is -1.62. The van der Waals surface area contributed by atoms with Gasteiger partial charge in [0.25, 0.3) is 0 Å².